The number of alkyl halides is 1. The van der Waals surface area contributed by atoms with Crippen LogP contribution in [0.25, 0.3) is 0 Å². The zero-order valence-corrected chi connectivity index (χ0v) is 5.63. The number of halogens is 1. The second-order valence-corrected chi connectivity index (χ2v) is 1.59. The Labute approximate surface area is 58.0 Å². The quantitative estimate of drug-likeness (QED) is 0.247. The van der Waals surface area contributed by atoms with Crippen molar-refractivity contribution in [3.05, 3.63) is 4.91 Å². The van der Waals surface area contributed by atoms with E-state index in [0.29, 0.717) is 19.1 Å². The maximum atomic E-state index is 9.28. The van der Waals surface area contributed by atoms with Crippen molar-refractivity contribution in [1.82, 2.24) is 0 Å². The van der Waals surface area contributed by atoms with Crippen LogP contribution in [0.5, 0.6) is 0 Å². The van der Waals surface area contributed by atoms with Gasteiger partial charge in [0.2, 0.25) is 0 Å². The van der Waals surface area contributed by atoms with Gasteiger partial charge < -0.3 is 9.57 Å². The van der Waals surface area contributed by atoms with Gasteiger partial charge in [0.05, 0.1) is 13.2 Å². The average Bonchev–Trinajstić information content (AvgIpc) is 1.89. The van der Waals surface area contributed by atoms with E-state index in [2.05, 4.69) is 10.2 Å². The van der Waals surface area contributed by atoms with Gasteiger partial charge in [-0.25, -0.2) is 0 Å². The summed E-state index contributed by atoms with van der Waals surface area (Å²) < 4.78 is 4.83. The minimum absolute atomic E-state index is 0.195. The minimum Gasteiger partial charge on any atom is -0.377 e. The Hall–Kier alpha value is -0.350. The van der Waals surface area contributed by atoms with Crippen LogP contribution in [0.2, 0.25) is 0 Å². The third-order valence-corrected chi connectivity index (χ3v) is 0.747. The third kappa shape index (κ3) is 7.65. The minimum atomic E-state index is 0.195. The molecule has 0 aromatic carbocycles. The third-order valence-electron chi connectivity index (χ3n) is 0.593. The van der Waals surface area contributed by atoms with Crippen molar-refractivity contribution < 1.29 is 9.57 Å². The number of hydrogen-bond donors (Lipinski definition) is 0. The molecule has 0 fully saturated rings. The van der Waals surface area contributed by atoms with E-state index >= 15 is 0 Å². The summed E-state index contributed by atoms with van der Waals surface area (Å²) in [4.78, 5) is 13.4. The molecule has 0 saturated heterocycles. The van der Waals surface area contributed by atoms with E-state index in [9.17, 15) is 4.91 Å². The van der Waals surface area contributed by atoms with Gasteiger partial charge >= 0.3 is 0 Å². The highest BCUT2D eigenvalue weighted by Gasteiger charge is 1.85. The Bertz CT molecular complexity index is 70.8. The molecule has 54 valence electrons. The molecular weight excluding hydrogens is 146 g/mol. The fraction of sp³-hybridized carbons (Fsp3) is 1.00. The van der Waals surface area contributed by atoms with E-state index in [1.165, 1.54) is 0 Å². The molecule has 0 spiro atoms. The second kappa shape index (κ2) is 7.65. The molecule has 0 aromatic heterocycles. The standard InChI is InChI=1S/C4H8ClNO3/c5-1-2-8-3-4-9-6-7/h1-4H2. The molecule has 5 heteroatoms. The Morgan fingerprint density at radius 1 is 1.33 bits per heavy atom. The monoisotopic (exact) mass is 153 g/mol. The first-order valence-electron chi connectivity index (χ1n) is 2.50. The van der Waals surface area contributed by atoms with Crippen LogP contribution in [0.15, 0.2) is 5.34 Å². The van der Waals surface area contributed by atoms with Gasteiger partial charge in [-0.15, -0.1) is 16.5 Å². The fourth-order valence-corrected chi connectivity index (χ4v) is 0.399. The van der Waals surface area contributed by atoms with Crippen LogP contribution >= 0.6 is 11.6 Å². The molecule has 4 nitrogen and oxygen atoms in total. The summed E-state index contributed by atoms with van der Waals surface area (Å²) in [6.45, 7) is 1.03. The molecule has 0 N–H and O–H groups in total. The molecule has 0 aromatic rings. The van der Waals surface area contributed by atoms with E-state index in [-0.39, 0.29) is 6.61 Å². The SMILES string of the molecule is O=NOCCOCCCl. The predicted molar refractivity (Wildman–Crippen MR) is 33.3 cm³/mol. The van der Waals surface area contributed by atoms with Crippen molar-refractivity contribution in [2.45, 2.75) is 0 Å². The van der Waals surface area contributed by atoms with E-state index in [1.54, 1.807) is 0 Å². The summed E-state index contributed by atoms with van der Waals surface area (Å²) in [5.41, 5.74) is 0. The molecule has 0 atom stereocenters. The fourth-order valence-electron chi connectivity index (χ4n) is 0.290. The summed E-state index contributed by atoms with van der Waals surface area (Å²) >= 11 is 5.26. The van der Waals surface area contributed by atoms with Crippen molar-refractivity contribution in [2.75, 3.05) is 25.7 Å². The summed E-state index contributed by atoms with van der Waals surface area (Å²) in [6, 6.07) is 0. The highest BCUT2D eigenvalue weighted by Crippen LogP contribution is 1.80. The van der Waals surface area contributed by atoms with Crippen molar-refractivity contribution in [3.8, 4) is 0 Å². The van der Waals surface area contributed by atoms with Crippen LogP contribution in [0.1, 0.15) is 0 Å². The zero-order chi connectivity index (χ0) is 6.95. The van der Waals surface area contributed by atoms with Gasteiger partial charge in [0.15, 0.2) is 5.34 Å². The normalized spacial score (nSPS) is 9.00. The molecule has 0 amide bonds. The smallest absolute Gasteiger partial charge is 0.155 e. The van der Waals surface area contributed by atoms with Gasteiger partial charge in [0, 0.05) is 5.88 Å². The summed E-state index contributed by atoms with van der Waals surface area (Å²) in [5, 5.41) is 2.17. The Balaban J connectivity index is 2.66. The first-order valence-corrected chi connectivity index (χ1v) is 3.03. The maximum Gasteiger partial charge on any atom is 0.155 e. The first kappa shape index (κ1) is 8.65. The largest absolute Gasteiger partial charge is 0.377 e. The van der Waals surface area contributed by atoms with E-state index < -0.39 is 0 Å². The summed E-state index contributed by atoms with van der Waals surface area (Å²) in [5.74, 6) is 0.453. The highest BCUT2D eigenvalue weighted by atomic mass is 35.5. The lowest BCUT2D eigenvalue weighted by Crippen LogP contribution is -2.02. The van der Waals surface area contributed by atoms with Gasteiger partial charge in [-0.05, 0) is 0 Å². The highest BCUT2D eigenvalue weighted by molar-refractivity contribution is 6.17. The number of rotatable bonds is 6. The van der Waals surface area contributed by atoms with Gasteiger partial charge in [-0.2, -0.15) is 0 Å². The van der Waals surface area contributed by atoms with Crippen LogP contribution in [0, 0.1) is 4.91 Å². The predicted octanol–water partition coefficient (Wildman–Crippen LogP) is 0.940. The van der Waals surface area contributed by atoms with Crippen LogP contribution in [0.3, 0.4) is 0 Å². The molecule has 0 radical (unpaired) electrons. The maximum absolute atomic E-state index is 9.28. The topological polar surface area (TPSA) is 47.9 Å². The lowest BCUT2D eigenvalue weighted by atomic mass is 10.7. The Morgan fingerprint density at radius 3 is 2.67 bits per heavy atom. The first-order chi connectivity index (χ1) is 4.41. The molecule has 0 aliphatic rings. The van der Waals surface area contributed by atoms with Crippen molar-refractivity contribution in [1.29, 1.82) is 0 Å². The summed E-state index contributed by atoms with van der Waals surface area (Å²) in [6.07, 6.45) is 0. The van der Waals surface area contributed by atoms with Crippen LogP contribution in [-0.4, -0.2) is 25.7 Å². The number of ether oxygens (including phenoxy) is 1. The average molecular weight is 154 g/mol. The van der Waals surface area contributed by atoms with Gasteiger partial charge in [-0.1, -0.05) is 0 Å². The van der Waals surface area contributed by atoms with Gasteiger partial charge in [0.1, 0.15) is 6.61 Å². The lowest BCUT2D eigenvalue weighted by Gasteiger charge is -1.96. The Kier molecular flexibility index (Phi) is 7.35. The molecular formula is C4H8ClNO3. The van der Waals surface area contributed by atoms with Crippen molar-refractivity contribution in [3.63, 3.8) is 0 Å². The Morgan fingerprint density at radius 2 is 2.11 bits per heavy atom. The van der Waals surface area contributed by atoms with Crippen LogP contribution in [-0.2, 0) is 9.57 Å². The molecule has 0 aliphatic heterocycles. The lowest BCUT2D eigenvalue weighted by molar-refractivity contribution is 0.0548. The molecule has 9 heavy (non-hydrogen) atoms. The van der Waals surface area contributed by atoms with E-state index in [4.69, 9.17) is 16.3 Å². The number of hydrogen-bond acceptors (Lipinski definition) is 4. The molecule has 0 aliphatic carbocycles. The van der Waals surface area contributed by atoms with Crippen LogP contribution < -0.4 is 0 Å². The van der Waals surface area contributed by atoms with E-state index in [1.807, 2.05) is 0 Å². The molecule has 0 unspecified atom stereocenters. The molecule has 0 saturated carbocycles. The van der Waals surface area contributed by atoms with Gasteiger partial charge in [0.25, 0.3) is 0 Å². The zero-order valence-electron chi connectivity index (χ0n) is 4.88. The van der Waals surface area contributed by atoms with Crippen molar-refractivity contribution in [2.24, 2.45) is 5.34 Å². The summed E-state index contributed by atoms with van der Waals surface area (Å²) in [7, 11) is 0. The van der Waals surface area contributed by atoms with Crippen molar-refractivity contribution >= 4 is 11.6 Å². The second-order valence-electron chi connectivity index (χ2n) is 1.21. The molecule has 0 bridgehead atoms. The van der Waals surface area contributed by atoms with Gasteiger partial charge in [-0.3, -0.25) is 0 Å². The number of nitrogens with zero attached hydrogens (tertiary/aromatic N) is 1. The van der Waals surface area contributed by atoms with Crippen LogP contribution in [0.4, 0.5) is 0 Å². The molecule has 0 heterocycles. The molecule has 0 rings (SSSR count). The van der Waals surface area contributed by atoms with E-state index in [0.717, 1.165) is 0 Å².